The number of hydrogen-bond acceptors (Lipinski definition) is 2. The summed E-state index contributed by atoms with van der Waals surface area (Å²) < 4.78 is 0. The fourth-order valence-corrected chi connectivity index (χ4v) is 2.43. The van der Waals surface area contributed by atoms with E-state index in [1.807, 2.05) is 4.90 Å². The molecule has 3 heteroatoms. The van der Waals surface area contributed by atoms with Crippen LogP contribution in [0.3, 0.4) is 0 Å². The van der Waals surface area contributed by atoms with Crippen molar-refractivity contribution in [2.24, 2.45) is 11.3 Å². The van der Waals surface area contributed by atoms with Crippen LogP contribution in [0, 0.1) is 11.3 Å². The summed E-state index contributed by atoms with van der Waals surface area (Å²) in [5.74, 6) is 0.712. The Morgan fingerprint density at radius 1 is 1.53 bits per heavy atom. The monoisotopic (exact) mass is 210 g/mol. The lowest BCUT2D eigenvalue weighted by atomic mass is 10.0. The fraction of sp³-hybridized carbons (Fsp3) is 0.917. The van der Waals surface area contributed by atoms with Crippen molar-refractivity contribution in [3.8, 4) is 0 Å². The predicted octanol–water partition coefficient (Wildman–Crippen LogP) is 1.59. The third-order valence-corrected chi connectivity index (χ3v) is 3.98. The maximum Gasteiger partial charge on any atom is 0.241 e. The molecule has 0 bridgehead atoms. The molecular formula is C12H22N2O. The average Bonchev–Trinajstić information content (AvgIpc) is 2.87. The Balaban J connectivity index is 1.93. The van der Waals surface area contributed by atoms with Crippen LogP contribution in [0.4, 0.5) is 0 Å². The summed E-state index contributed by atoms with van der Waals surface area (Å²) in [6.07, 6.45) is 3.82. The summed E-state index contributed by atoms with van der Waals surface area (Å²) in [7, 11) is 0. The van der Waals surface area contributed by atoms with Crippen molar-refractivity contribution >= 4 is 5.91 Å². The molecule has 2 aliphatic rings. The van der Waals surface area contributed by atoms with Gasteiger partial charge in [0.1, 0.15) is 0 Å². The molecule has 0 aromatic carbocycles. The first-order valence-electron chi connectivity index (χ1n) is 6.10. The van der Waals surface area contributed by atoms with Crippen LogP contribution in [-0.4, -0.2) is 30.1 Å². The molecule has 1 unspecified atom stereocenters. The van der Waals surface area contributed by atoms with Gasteiger partial charge < -0.3 is 4.90 Å². The lowest BCUT2D eigenvalue weighted by Crippen LogP contribution is -2.36. The molecule has 0 radical (unpaired) electrons. The smallest absolute Gasteiger partial charge is 0.241 e. The number of hydrogen-bond donors (Lipinski definition) is 1. The second-order valence-corrected chi connectivity index (χ2v) is 5.47. The van der Waals surface area contributed by atoms with E-state index in [0.717, 1.165) is 13.2 Å². The second kappa shape index (κ2) is 3.78. The zero-order valence-electron chi connectivity index (χ0n) is 10.0. The SMILES string of the molecule is CCC1(CN2CNC(C(C)C)C2=O)CC1. The Morgan fingerprint density at radius 2 is 2.20 bits per heavy atom. The van der Waals surface area contributed by atoms with Gasteiger partial charge in [0.2, 0.25) is 5.91 Å². The first kappa shape index (κ1) is 10.9. The summed E-state index contributed by atoms with van der Waals surface area (Å²) in [6.45, 7) is 8.17. The van der Waals surface area contributed by atoms with Crippen LogP contribution in [0.2, 0.25) is 0 Å². The van der Waals surface area contributed by atoms with Crippen LogP contribution in [-0.2, 0) is 4.79 Å². The van der Waals surface area contributed by atoms with E-state index in [2.05, 4.69) is 26.1 Å². The van der Waals surface area contributed by atoms with Gasteiger partial charge in [-0.05, 0) is 30.6 Å². The number of rotatable bonds is 4. The highest BCUT2D eigenvalue weighted by Crippen LogP contribution is 2.49. The van der Waals surface area contributed by atoms with Crippen LogP contribution in [0.1, 0.15) is 40.0 Å². The van der Waals surface area contributed by atoms with Crippen LogP contribution < -0.4 is 5.32 Å². The van der Waals surface area contributed by atoms with Crippen LogP contribution in [0.25, 0.3) is 0 Å². The van der Waals surface area contributed by atoms with E-state index in [1.165, 1.54) is 19.3 Å². The molecular weight excluding hydrogens is 188 g/mol. The standard InChI is InChI=1S/C12H22N2O/c1-4-12(5-6-12)7-14-8-13-10(9(2)3)11(14)15/h9-10,13H,4-8H2,1-3H3. The quantitative estimate of drug-likeness (QED) is 0.764. The minimum atomic E-state index is 0.0534. The summed E-state index contributed by atoms with van der Waals surface area (Å²) in [6, 6.07) is 0.0534. The molecule has 2 rings (SSSR count). The van der Waals surface area contributed by atoms with Crippen molar-refractivity contribution in [3.63, 3.8) is 0 Å². The van der Waals surface area contributed by atoms with Gasteiger partial charge in [-0.1, -0.05) is 20.8 Å². The van der Waals surface area contributed by atoms with Gasteiger partial charge in [0, 0.05) is 6.54 Å². The molecule has 1 aliphatic heterocycles. The molecule has 1 amide bonds. The van der Waals surface area contributed by atoms with Gasteiger partial charge in [-0.3, -0.25) is 10.1 Å². The van der Waals surface area contributed by atoms with Crippen LogP contribution in [0.15, 0.2) is 0 Å². The van der Waals surface area contributed by atoms with Crippen molar-refractivity contribution in [1.82, 2.24) is 10.2 Å². The van der Waals surface area contributed by atoms with Gasteiger partial charge in [-0.15, -0.1) is 0 Å². The minimum Gasteiger partial charge on any atom is -0.328 e. The molecule has 0 aromatic rings. The summed E-state index contributed by atoms with van der Waals surface area (Å²) in [4.78, 5) is 14.0. The molecule has 0 aromatic heterocycles. The molecule has 1 N–H and O–H groups in total. The number of amides is 1. The zero-order chi connectivity index (χ0) is 11.1. The van der Waals surface area contributed by atoms with Crippen molar-refractivity contribution in [2.45, 2.75) is 46.1 Å². The van der Waals surface area contributed by atoms with Gasteiger partial charge in [0.05, 0.1) is 12.7 Å². The summed E-state index contributed by atoms with van der Waals surface area (Å²) in [5.41, 5.74) is 0.475. The van der Waals surface area contributed by atoms with E-state index in [4.69, 9.17) is 0 Å². The molecule has 15 heavy (non-hydrogen) atoms. The molecule has 3 nitrogen and oxygen atoms in total. The first-order chi connectivity index (χ1) is 7.08. The van der Waals surface area contributed by atoms with E-state index in [9.17, 15) is 4.79 Å². The molecule has 1 aliphatic carbocycles. The van der Waals surface area contributed by atoms with Gasteiger partial charge in [-0.2, -0.15) is 0 Å². The zero-order valence-corrected chi connectivity index (χ0v) is 10.0. The molecule has 86 valence electrons. The minimum absolute atomic E-state index is 0.0534. The van der Waals surface area contributed by atoms with Crippen molar-refractivity contribution < 1.29 is 4.79 Å². The number of carbonyl (C=O) groups is 1. The van der Waals surface area contributed by atoms with Gasteiger partial charge in [0.15, 0.2) is 0 Å². The third-order valence-electron chi connectivity index (χ3n) is 3.98. The molecule has 0 spiro atoms. The molecule has 1 atom stereocenters. The largest absolute Gasteiger partial charge is 0.328 e. The Morgan fingerprint density at radius 3 is 2.60 bits per heavy atom. The van der Waals surface area contributed by atoms with E-state index in [1.54, 1.807) is 0 Å². The second-order valence-electron chi connectivity index (χ2n) is 5.47. The number of carbonyl (C=O) groups excluding carboxylic acids is 1. The highest BCUT2D eigenvalue weighted by Gasteiger charge is 2.45. The Hall–Kier alpha value is -0.570. The van der Waals surface area contributed by atoms with Gasteiger partial charge >= 0.3 is 0 Å². The highest BCUT2D eigenvalue weighted by molar-refractivity contribution is 5.84. The van der Waals surface area contributed by atoms with E-state index in [-0.39, 0.29) is 6.04 Å². The highest BCUT2D eigenvalue weighted by atomic mass is 16.2. The number of nitrogens with zero attached hydrogens (tertiary/aromatic N) is 1. The Kier molecular flexibility index (Phi) is 2.75. The topological polar surface area (TPSA) is 32.3 Å². The first-order valence-corrected chi connectivity index (χ1v) is 6.10. The van der Waals surface area contributed by atoms with E-state index in [0.29, 0.717) is 17.2 Å². The van der Waals surface area contributed by atoms with Crippen LogP contribution >= 0.6 is 0 Å². The van der Waals surface area contributed by atoms with E-state index >= 15 is 0 Å². The fourth-order valence-electron chi connectivity index (χ4n) is 2.43. The third kappa shape index (κ3) is 2.03. The molecule has 1 saturated heterocycles. The lowest BCUT2D eigenvalue weighted by molar-refractivity contribution is -0.130. The van der Waals surface area contributed by atoms with Crippen LogP contribution in [0.5, 0.6) is 0 Å². The summed E-state index contributed by atoms with van der Waals surface area (Å²) in [5, 5.41) is 3.31. The Bertz CT molecular complexity index is 258. The van der Waals surface area contributed by atoms with Gasteiger partial charge in [0.25, 0.3) is 0 Å². The molecule has 1 heterocycles. The number of nitrogens with one attached hydrogen (secondary N) is 1. The molecule has 2 fully saturated rings. The summed E-state index contributed by atoms with van der Waals surface area (Å²) >= 11 is 0. The lowest BCUT2D eigenvalue weighted by Gasteiger charge is -2.22. The maximum atomic E-state index is 12.0. The molecule has 1 saturated carbocycles. The van der Waals surface area contributed by atoms with Crippen molar-refractivity contribution in [2.75, 3.05) is 13.2 Å². The van der Waals surface area contributed by atoms with Crippen molar-refractivity contribution in [3.05, 3.63) is 0 Å². The average molecular weight is 210 g/mol. The maximum absolute atomic E-state index is 12.0. The normalized spacial score (nSPS) is 28.9. The Labute approximate surface area is 92.2 Å². The predicted molar refractivity (Wildman–Crippen MR) is 60.3 cm³/mol. The van der Waals surface area contributed by atoms with E-state index < -0.39 is 0 Å². The van der Waals surface area contributed by atoms with Gasteiger partial charge in [-0.25, -0.2) is 0 Å². The van der Waals surface area contributed by atoms with Crippen molar-refractivity contribution in [1.29, 1.82) is 0 Å².